The summed E-state index contributed by atoms with van der Waals surface area (Å²) in [6, 6.07) is 7.86. The van der Waals surface area contributed by atoms with E-state index in [-0.39, 0.29) is 5.39 Å². The molecule has 0 radical (unpaired) electrons. The van der Waals surface area contributed by atoms with Crippen LogP contribution in [0.1, 0.15) is 56.9 Å². The summed E-state index contributed by atoms with van der Waals surface area (Å²) in [6.07, 6.45) is 2.25. The highest BCUT2D eigenvalue weighted by Crippen LogP contribution is 2.39. The minimum absolute atomic E-state index is 0.158. The molecule has 0 aliphatic heterocycles. The molecule has 1 saturated carbocycles. The Labute approximate surface area is 145 Å². The molecule has 0 bridgehead atoms. The van der Waals surface area contributed by atoms with Crippen molar-refractivity contribution >= 4 is 10.8 Å². The second kappa shape index (κ2) is 7.22. The van der Waals surface area contributed by atoms with E-state index in [0.29, 0.717) is 11.3 Å². The molecule has 0 atom stereocenters. The highest BCUT2D eigenvalue weighted by molar-refractivity contribution is 5.85. The number of ether oxygens (including phenoxy) is 1. The van der Waals surface area contributed by atoms with Crippen LogP contribution in [0.25, 0.3) is 10.8 Å². The van der Waals surface area contributed by atoms with Crippen LogP contribution < -0.4 is 4.74 Å². The summed E-state index contributed by atoms with van der Waals surface area (Å²) >= 11 is 0. The van der Waals surface area contributed by atoms with Crippen LogP contribution in [0.15, 0.2) is 30.3 Å². The minimum atomic E-state index is -4.90. The molecule has 2 aromatic rings. The van der Waals surface area contributed by atoms with Crippen LogP contribution in [0.3, 0.4) is 0 Å². The lowest BCUT2D eigenvalue weighted by Gasteiger charge is -2.28. The van der Waals surface area contributed by atoms with Crippen LogP contribution in [-0.2, 0) is 0 Å². The molecule has 25 heavy (non-hydrogen) atoms. The van der Waals surface area contributed by atoms with Crippen molar-refractivity contribution in [3.05, 3.63) is 41.7 Å². The quantitative estimate of drug-likeness (QED) is 0.540. The topological polar surface area (TPSA) is 9.23 Å². The first kappa shape index (κ1) is 18.0. The first-order valence-corrected chi connectivity index (χ1v) is 8.85. The second-order valence-electron chi connectivity index (χ2n) is 6.91. The molecule has 0 aromatic heterocycles. The molecule has 1 aliphatic carbocycles. The maximum absolute atomic E-state index is 14.3. The Morgan fingerprint density at radius 3 is 2.40 bits per heavy atom. The Kier molecular flexibility index (Phi) is 5.21. The number of rotatable bonds is 4. The summed E-state index contributed by atoms with van der Waals surface area (Å²) in [5.74, 6) is -0.492. The van der Waals surface area contributed by atoms with Crippen molar-refractivity contribution in [1.29, 1.82) is 0 Å². The summed E-state index contributed by atoms with van der Waals surface area (Å²) in [7, 11) is 0. The number of benzene rings is 2. The first-order valence-electron chi connectivity index (χ1n) is 8.85. The summed E-state index contributed by atoms with van der Waals surface area (Å²) < 4.78 is 55.0. The average molecular weight is 354 g/mol. The van der Waals surface area contributed by atoms with Crippen molar-refractivity contribution in [2.75, 3.05) is 0 Å². The molecule has 1 aliphatic rings. The van der Waals surface area contributed by atoms with E-state index in [1.54, 1.807) is 6.07 Å². The fraction of sp³-hybridized carbons (Fsp3) is 0.500. The predicted octanol–water partition coefficient (Wildman–Crippen LogP) is 6.95. The maximum atomic E-state index is 14.3. The predicted molar refractivity (Wildman–Crippen MR) is 90.2 cm³/mol. The number of hydrogen-bond donors (Lipinski definition) is 0. The standard InChI is InChI=1S/C20H22F4O/c1-2-3-13-4-6-14(7-5-13)15-8-10-17-16(12-15)9-11-18(19(17)21)25-20(22,23)24/h8-14H,2-7H2,1H3/t13-,14-. The molecular weight excluding hydrogens is 332 g/mol. The van der Waals surface area contributed by atoms with Gasteiger partial charge in [0.1, 0.15) is 0 Å². The van der Waals surface area contributed by atoms with E-state index < -0.39 is 17.9 Å². The van der Waals surface area contributed by atoms with Gasteiger partial charge in [-0.05, 0) is 54.5 Å². The van der Waals surface area contributed by atoms with Crippen LogP contribution in [0.4, 0.5) is 17.6 Å². The van der Waals surface area contributed by atoms with Gasteiger partial charge in [-0.1, -0.05) is 44.0 Å². The highest BCUT2D eigenvalue weighted by Gasteiger charge is 2.32. The normalized spacial score (nSPS) is 21.5. The zero-order chi connectivity index (χ0) is 18.0. The molecule has 0 heterocycles. The second-order valence-corrected chi connectivity index (χ2v) is 6.91. The monoisotopic (exact) mass is 354 g/mol. The third-order valence-corrected chi connectivity index (χ3v) is 5.18. The van der Waals surface area contributed by atoms with Gasteiger partial charge in [0.05, 0.1) is 0 Å². The Morgan fingerprint density at radius 2 is 1.76 bits per heavy atom. The minimum Gasteiger partial charge on any atom is -0.403 e. The zero-order valence-corrected chi connectivity index (χ0v) is 14.2. The molecule has 1 nitrogen and oxygen atoms in total. The Morgan fingerprint density at radius 1 is 1.04 bits per heavy atom. The lowest BCUT2D eigenvalue weighted by atomic mass is 9.77. The van der Waals surface area contributed by atoms with Gasteiger partial charge >= 0.3 is 6.36 Å². The molecule has 0 amide bonds. The van der Waals surface area contributed by atoms with Crippen molar-refractivity contribution in [3.63, 3.8) is 0 Å². The molecule has 2 aromatic carbocycles. The van der Waals surface area contributed by atoms with Crippen LogP contribution in [0.2, 0.25) is 0 Å². The lowest BCUT2D eigenvalue weighted by molar-refractivity contribution is -0.275. The number of halogens is 4. The van der Waals surface area contributed by atoms with Crippen molar-refractivity contribution in [3.8, 4) is 5.75 Å². The van der Waals surface area contributed by atoms with E-state index in [1.807, 2.05) is 12.1 Å². The van der Waals surface area contributed by atoms with Crippen LogP contribution in [0.5, 0.6) is 5.75 Å². The SMILES string of the molecule is CCC[C@H]1CC[C@H](c2ccc3c(F)c(OC(F)(F)F)ccc3c2)CC1. The van der Waals surface area contributed by atoms with Crippen molar-refractivity contribution in [2.24, 2.45) is 5.92 Å². The third-order valence-electron chi connectivity index (χ3n) is 5.18. The van der Waals surface area contributed by atoms with Crippen LogP contribution in [0, 0.1) is 11.7 Å². The van der Waals surface area contributed by atoms with Gasteiger partial charge in [-0.3, -0.25) is 0 Å². The molecule has 0 saturated heterocycles. The van der Waals surface area contributed by atoms with Crippen LogP contribution >= 0.6 is 0 Å². The van der Waals surface area contributed by atoms with Gasteiger partial charge in [-0.25, -0.2) is 4.39 Å². The van der Waals surface area contributed by atoms with E-state index >= 15 is 0 Å². The molecule has 0 unspecified atom stereocenters. The summed E-state index contributed by atoms with van der Waals surface area (Å²) in [4.78, 5) is 0. The summed E-state index contributed by atoms with van der Waals surface area (Å²) in [6.45, 7) is 2.21. The molecule has 5 heteroatoms. The van der Waals surface area contributed by atoms with Crippen LogP contribution in [-0.4, -0.2) is 6.36 Å². The number of alkyl halides is 3. The van der Waals surface area contributed by atoms with E-state index in [9.17, 15) is 17.6 Å². The van der Waals surface area contributed by atoms with Gasteiger partial charge in [0.25, 0.3) is 0 Å². The van der Waals surface area contributed by atoms with Gasteiger partial charge in [0.15, 0.2) is 11.6 Å². The van der Waals surface area contributed by atoms with Crippen molar-refractivity contribution < 1.29 is 22.3 Å². The van der Waals surface area contributed by atoms with Crippen molar-refractivity contribution in [1.82, 2.24) is 0 Å². The Balaban J connectivity index is 1.80. The molecule has 0 spiro atoms. The van der Waals surface area contributed by atoms with Gasteiger partial charge in [0.2, 0.25) is 0 Å². The fourth-order valence-electron chi connectivity index (χ4n) is 3.94. The summed E-state index contributed by atoms with van der Waals surface area (Å²) in [5.41, 5.74) is 1.14. The third kappa shape index (κ3) is 4.25. The number of hydrogen-bond acceptors (Lipinski definition) is 1. The largest absolute Gasteiger partial charge is 0.573 e. The zero-order valence-electron chi connectivity index (χ0n) is 14.2. The van der Waals surface area contributed by atoms with E-state index in [0.717, 1.165) is 30.4 Å². The van der Waals surface area contributed by atoms with E-state index in [1.165, 1.54) is 31.7 Å². The highest BCUT2D eigenvalue weighted by atomic mass is 19.4. The van der Waals surface area contributed by atoms with Gasteiger partial charge in [-0.15, -0.1) is 13.2 Å². The van der Waals surface area contributed by atoms with E-state index in [2.05, 4.69) is 11.7 Å². The molecule has 1 fully saturated rings. The Hall–Kier alpha value is -1.78. The van der Waals surface area contributed by atoms with Gasteiger partial charge in [-0.2, -0.15) is 0 Å². The van der Waals surface area contributed by atoms with Gasteiger partial charge < -0.3 is 4.74 Å². The lowest BCUT2D eigenvalue weighted by Crippen LogP contribution is -2.18. The Bertz CT molecular complexity index is 730. The van der Waals surface area contributed by atoms with Gasteiger partial charge in [0, 0.05) is 5.39 Å². The number of fused-ring (bicyclic) bond motifs is 1. The average Bonchev–Trinajstić information content (AvgIpc) is 2.57. The fourth-order valence-corrected chi connectivity index (χ4v) is 3.94. The smallest absolute Gasteiger partial charge is 0.403 e. The first-order chi connectivity index (χ1) is 11.9. The molecule has 3 rings (SSSR count). The summed E-state index contributed by atoms with van der Waals surface area (Å²) in [5, 5.41) is 0.769. The molecule has 0 N–H and O–H groups in total. The molecular formula is C20H22F4O. The molecule has 136 valence electrons. The van der Waals surface area contributed by atoms with Crippen molar-refractivity contribution in [2.45, 2.75) is 57.7 Å². The maximum Gasteiger partial charge on any atom is 0.573 e. The van der Waals surface area contributed by atoms with E-state index in [4.69, 9.17) is 0 Å².